The fraction of sp³-hybridized carbons (Fsp3) is 0.567. The van der Waals surface area contributed by atoms with Gasteiger partial charge in [0.1, 0.15) is 0 Å². The van der Waals surface area contributed by atoms with E-state index in [4.69, 9.17) is 4.74 Å². The van der Waals surface area contributed by atoms with Gasteiger partial charge in [0, 0.05) is 31.7 Å². The van der Waals surface area contributed by atoms with Crippen LogP contribution in [0.1, 0.15) is 57.1 Å². The van der Waals surface area contributed by atoms with Crippen molar-refractivity contribution in [2.45, 2.75) is 81.8 Å². The number of ether oxygens (including phenoxy) is 1. The zero-order valence-corrected chi connectivity index (χ0v) is 24.5. The predicted octanol–water partition coefficient (Wildman–Crippen LogP) is 5.07. The molecule has 1 aliphatic carbocycles. The number of rotatable bonds is 13. The summed E-state index contributed by atoms with van der Waals surface area (Å²) in [7, 11) is -4.12. The molecule has 4 rings (SSSR count). The highest BCUT2D eigenvalue weighted by atomic mass is 32.2. The van der Waals surface area contributed by atoms with Crippen molar-refractivity contribution in [2.24, 2.45) is 5.92 Å². The summed E-state index contributed by atoms with van der Waals surface area (Å²) in [5.41, 5.74) is 0.101. The third-order valence-electron chi connectivity index (χ3n) is 7.53. The highest BCUT2D eigenvalue weighted by molar-refractivity contribution is 7.89. The number of piperidine rings is 1. The number of halogens is 3. The maximum absolute atomic E-state index is 13.6. The van der Waals surface area contributed by atoms with E-state index >= 15 is 0 Å². The maximum atomic E-state index is 13.6. The van der Waals surface area contributed by atoms with E-state index in [0.29, 0.717) is 70.9 Å². The third kappa shape index (κ3) is 8.53. The summed E-state index contributed by atoms with van der Waals surface area (Å²) >= 11 is 0. The summed E-state index contributed by atoms with van der Waals surface area (Å²) in [4.78, 5) is 14.9. The summed E-state index contributed by atoms with van der Waals surface area (Å²) in [6.07, 6.45) is -1.72. The fourth-order valence-corrected chi connectivity index (χ4v) is 7.32. The Morgan fingerprint density at radius 1 is 1.02 bits per heavy atom. The second-order valence-corrected chi connectivity index (χ2v) is 13.2. The van der Waals surface area contributed by atoms with Gasteiger partial charge in [0.05, 0.1) is 29.7 Å². The SMILES string of the molecule is CC(C)CC(NCCOCc1ccccc1)C(=O)N1CCC(N(C2CC2)S(=O)(=O)c2cccc(C(F)(F)F)c2)CC1. The molecule has 41 heavy (non-hydrogen) atoms. The van der Waals surface area contributed by atoms with Crippen LogP contribution in [0.15, 0.2) is 59.5 Å². The molecule has 1 heterocycles. The predicted molar refractivity (Wildman–Crippen MR) is 150 cm³/mol. The van der Waals surface area contributed by atoms with Crippen LogP contribution in [-0.2, 0) is 32.3 Å². The first kappa shape index (κ1) is 31.5. The lowest BCUT2D eigenvalue weighted by atomic mass is 9.99. The summed E-state index contributed by atoms with van der Waals surface area (Å²) in [5, 5.41) is 3.35. The topological polar surface area (TPSA) is 79.0 Å². The first-order valence-electron chi connectivity index (χ1n) is 14.3. The smallest absolute Gasteiger partial charge is 0.375 e. The number of amides is 1. The van der Waals surface area contributed by atoms with Crippen LogP contribution >= 0.6 is 0 Å². The summed E-state index contributed by atoms with van der Waals surface area (Å²) in [6.45, 7) is 6.40. The minimum absolute atomic E-state index is 0.0149. The lowest BCUT2D eigenvalue weighted by Gasteiger charge is -2.39. The molecule has 11 heteroatoms. The number of nitrogens with zero attached hydrogens (tertiary/aromatic N) is 2. The van der Waals surface area contributed by atoms with Crippen molar-refractivity contribution in [1.29, 1.82) is 0 Å². The number of likely N-dealkylation sites (tertiary alicyclic amines) is 1. The second kappa shape index (κ2) is 13.7. The van der Waals surface area contributed by atoms with Crippen LogP contribution in [0, 0.1) is 5.92 Å². The molecular weight excluding hydrogens is 555 g/mol. The Bertz CT molecular complexity index is 1250. The molecule has 0 aromatic heterocycles. The van der Waals surface area contributed by atoms with Gasteiger partial charge in [-0.25, -0.2) is 8.42 Å². The first-order chi connectivity index (χ1) is 19.5. The van der Waals surface area contributed by atoms with Crippen molar-refractivity contribution in [1.82, 2.24) is 14.5 Å². The molecule has 0 radical (unpaired) electrons. The Morgan fingerprint density at radius 2 is 1.68 bits per heavy atom. The van der Waals surface area contributed by atoms with Gasteiger partial charge >= 0.3 is 6.18 Å². The van der Waals surface area contributed by atoms with Gasteiger partial charge in [0.2, 0.25) is 15.9 Å². The molecule has 1 N–H and O–H groups in total. The standard InChI is InChI=1S/C30H40F3N3O4S/c1-22(2)19-28(34-15-18-40-21-23-7-4-3-5-8-23)29(37)35-16-13-26(14-17-35)36(25-11-12-25)41(38,39)27-10-6-9-24(20-27)30(31,32)33/h3-10,20,22,25-26,28,34H,11-19,21H2,1-2H3. The van der Waals surface area contributed by atoms with Crippen molar-refractivity contribution in [3.05, 3.63) is 65.7 Å². The fourth-order valence-electron chi connectivity index (χ4n) is 5.35. The lowest BCUT2D eigenvalue weighted by molar-refractivity contribution is -0.137. The number of carbonyl (C=O) groups excluding carboxylic acids is 1. The number of nitrogens with one attached hydrogen (secondary N) is 1. The quantitative estimate of drug-likeness (QED) is 0.327. The van der Waals surface area contributed by atoms with Gasteiger partial charge < -0.3 is 15.0 Å². The minimum atomic E-state index is -4.63. The molecule has 2 fully saturated rings. The number of alkyl halides is 3. The molecule has 7 nitrogen and oxygen atoms in total. The van der Waals surface area contributed by atoms with Crippen LogP contribution in [0.3, 0.4) is 0 Å². The Hall–Kier alpha value is -2.47. The van der Waals surface area contributed by atoms with E-state index in [1.165, 1.54) is 10.4 Å². The van der Waals surface area contributed by atoms with Gasteiger partial charge in [-0.2, -0.15) is 17.5 Å². The van der Waals surface area contributed by atoms with E-state index in [-0.39, 0.29) is 28.9 Å². The largest absolute Gasteiger partial charge is 0.416 e. The van der Waals surface area contributed by atoms with E-state index < -0.39 is 21.8 Å². The van der Waals surface area contributed by atoms with Crippen molar-refractivity contribution < 1.29 is 31.1 Å². The van der Waals surface area contributed by atoms with Gasteiger partial charge in [-0.15, -0.1) is 0 Å². The Balaban J connectivity index is 1.35. The molecule has 1 saturated carbocycles. The first-order valence-corrected chi connectivity index (χ1v) is 15.8. The highest BCUT2D eigenvalue weighted by Crippen LogP contribution is 2.38. The summed E-state index contributed by atoms with van der Waals surface area (Å²) in [6, 6.07) is 12.9. The zero-order chi connectivity index (χ0) is 29.6. The Labute approximate surface area is 241 Å². The van der Waals surface area contributed by atoms with Gasteiger partial charge in [0.15, 0.2) is 0 Å². The van der Waals surface area contributed by atoms with E-state index in [2.05, 4.69) is 19.2 Å². The minimum Gasteiger partial charge on any atom is -0.375 e. The summed E-state index contributed by atoms with van der Waals surface area (Å²) < 4.78 is 74.1. The van der Waals surface area contributed by atoms with E-state index in [0.717, 1.165) is 23.8 Å². The molecule has 2 aliphatic rings. The van der Waals surface area contributed by atoms with Crippen LogP contribution in [-0.4, -0.2) is 67.9 Å². The molecular formula is C30H40F3N3O4S. The van der Waals surface area contributed by atoms with Crippen LogP contribution in [0.5, 0.6) is 0 Å². The molecule has 1 unspecified atom stereocenters. The zero-order valence-electron chi connectivity index (χ0n) is 23.6. The average Bonchev–Trinajstić information content (AvgIpc) is 3.77. The number of hydrogen-bond acceptors (Lipinski definition) is 5. The number of hydrogen-bond donors (Lipinski definition) is 1. The lowest BCUT2D eigenvalue weighted by Crippen LogP contribution is -2.54. The van der Waals surface area contributed by atoms with Crippen LogP contribution in [0.25, 0.3) is 0 Å². The van der Waals surface area contributed by atoms with Gasteiger partial charge in [-0.1, -0.05) is 50.2 Å². The molecule has 1 atom stereocenters. The molecule has 0 bridgehead atoms. The monoisotopic (exact) mass is 595 g/mol. The molecule has 2 aromatic carbocycles. The second-order valence-electron chi connectivity index (χ2n) is 11.3. The maximum Gasteiger partial charge on any atom is 0.416 e. The van der Waals surface area contributed by atoms with Gasteiger partial charge in [-0.3, -0.25) is 4.79 Å². The van der Waals surface area contributed by atoms with E-state index in [1.807, 2.05) is 30.3 Å². The Morgan fingerprint density at radius 3 is 2.29 bits per heavy atom. The molecule has 1 amide bonds. The number of benzene rings is 2. The molecule has 1 saturated heterocycles. The molecule has 226 valence electrons. The Kier molecular flexibility index (Phi) is 10.5. The number of carbonyl (C=O) groups is 1. The van der Waals surface area contributed by atoms with Crippen molar-refractivity contribution >= 4 is 15.9 Å². The van der Waals surface area contributed by atoms with Crippen LogP contribution < -0.4 is 5.32 Å². The normalized spacial score (nSPS) is 17.8. The molecule has 2 aromatic rings. The summed E-state index contributed by atoms with van der Waals surface area (Å²) in [5.74, 6) is 0.279. The molecule has 1 aliphatic heterocycles. The van der Waals surface area contributed by atoms with E-state index in [9.17, 15) is 26.4 Å². The highest BCUT2D eigenvalue weighted by Gasteiger charge is 2.44. The average molecular weight is 596 g/mol. The third-order valence-corrected chi connectivity index (χ3v) is 9.53. The van der Waals surface area contributed by atoms with Crippen molar-refractivity contribution in [2.75, 3.05) is 26.2 Å². The van der Waals surface area contributed by atoms with Crippen LogP contribution in [0.4, 0.5) is 13.2 Å². The van der Waals surface area contributed by atoms with Gasteiger partial charge in [-0.05, 0) is 61.8 Å². The number of sulfonamides is 1. The van der Waals surface area contributed by atoms with E-state index in [1.54, 1.807) is 4.90 Å². The van der Waals surface area contributed by atoms with Crippen molar-refractivity contribution in [3.8, 4) is 0 Å². The van der Waals surface area contributed by atoms with Crippen molar-refractivity contribution in [3.63, 3.8) is 0 Å². The van der Waals surface area contributed by atoms with Gasteiger partial charge in [0.25, 0.3) is 0 Å². The molecule has 0 spiro atoms. The van der Waals surface area contributed by atoms with Crippen LogP contribution in [0.2, 0.25) is 0 Å².